The van der Waals surface area contributed by atoms with Gasteiger partial charge in [-0.1, -0.05) is 25.6 Å². The van der Waals surface area contributed by atoms with Crippen molar-refractivity contribution in [3.05, 3.63) is 22.4 Å². The lowest BCUT2D eigenvalue weighted by Gasteiger charge is -2.36. The Bertz CT molecular complexity index is 382. The normalized spacial score (nSPS) is 26.2. The highest BCUT2D eigenvalue weighted by Crippen LogP contribution is 2.54. The monoisotopic (exact) mass is 250 g/mol. The quantitative estimate of drug-likeness (QED) is 0.650. The minimum Gasteiger partial charge on any atom is -0.283 e. The predicted molar refractivity (Wildman–Crippen MR) is 80.2 cm³/mol. The largest absolute Gasteiger partial charge is 0.283 e. The molecule has 1 nitrogen and oxygen atoms in total. The minimum atomic E-state index is -0.830. The van der Waals surface area contributed by atoms with Crippen LogP contribution in [0.1, 0.15) is 48.5 Å². The number of allylic oxidation sites excluding steroid dienone is 3. The van der Waals surface area contributed by atoms with E-state index in [2.05, 4.69) is 61.6 Å². The van der Waals surface area contributed by atoms with Crippen LogP contribution in [-0.4, -0.2) is 14.3 Å². The van der Waals surface area contributed by atoms with Crippen LogP contribution in [0.25, 0.3) is 0 Å². The van der Waals surface area contributed by atoms with Crippen LogP contribution < -0.4 is 5.32 Å². The van der Waals surface area contributed by atoms with Crippen LogP contribution in [-0.2, 0) is 0 Å². The van der Waals surface area contributed by atoms with Gasteiger partial charge in [-0.15, -0.1) is 0 Å². The Morgan fingerprint density at radius 1 is 1.00 bits per heavy atom. The SMILES string of the molecule is CC1=C(C)C(C)([SiH](C)C)C([N]C(C)(C)C)=C1C. The summed E-state index contributed by atoms with van der Waals surface area (Å²) in [6.45, 7) is 20.7. The first kappa shape index (κ1) is 14.6. The molecule has 0 aliphatic heterocycles. The molecule has 0 aromatic carbocycles. The fourth-order valence-electron chi connectivity index (χ4n) is 2.66. The van der Waals surface area contributed by atoms with E-state index in [-0.39, 0.29) is 10.6 Å². The van der Waals surface area contributed by atoms with Crippen molar-refractivity contribution < 1.29 is 0 Å². The van der Waals surface area contributed by atoms with E-state index >= 15 is 0 Å². The zero-order valence-electron chi connectivity index (χ0n) is 13.0. The predicted octanol–water partition coefficient (Wildman–Crippen LogP) is 4.26. The Labute approximate surface area is 109 Å². The van der Waals surface area contributed by atoms with E-state index in [1.165, 1.54) is 16.8 Å². The summed E-state index contributed by atoms with van der Waals surface area (Å²) in [4.78, 5) is 0. The maximum absolute atomic E-state index is 5.04. The van der Waals surface area contributed by atoms with Crippen LogP contribution in [0.15, 0.2) is 22.4 Å². The maximum atomic E-state index is 5.04. The van der Waals surface area contributed by atoms with Crippen molar-refractivity contribution >= 4 is 8.80 Å². The average Bonchev–Trinajstić information content (AvgIpc) is 2.32. The van der Waals surface area contributed by atoms with Crippen molar-refractivity contribution in [2.45, 2.75) is 72.1 Å². The third-order valence-electron chi connectivity index (χ3n) is 4.35. The summed E-state index contributed by atoms with van der Waals surface area (Å²) in [5.41, 5.74) is 5.82. The summed E-state index contributed by atoms with van der Waals surface area (Å²) < 4.78 is 0. The highest BCUT2D eigenvalue weighted by molar-refractivity contribution is 6.61. The van der Waals surface area contributed by atoms with Crippen LogP contribution in [0.5, 0.6) is 0 Å². The second-order valence-electron chi connectivity index (χ2n) is 6.86. The molecule has 1 aliphatic carbocycles. The van der Waals surface area contributed by atoms with Gasteiger partial charge in [-0.3, -0.25) is 5.32 Å². The first-order valence-corrected chi connectivity index (χ1v) is 9.53. The Balaban J connectivity index is 3.28. The lowest BCUT2D eigenvalue weighted by Crippen LogP contribution is -2.37. The molecule has 97 valence electrons. The molecular formula is C15H28NSi. The molecule has 0 saturated heterocycles. The summed E-state index contributed by atoms with van der Waals surface area (Å²) in [5, 5.41) is 5.29. The van der Waals surface area contributed by atoms with Gasteiger partial charge in [-0.2, -0.15) is 0 Å². The summed E-state index contributed by atoms with van der Waals surface area (Å²) in [6.07, 6.45) is 0. The van der Waals surface area contributed by atoms with Gasteiger partial charge < -0.3 is 0 Å². The molecule has 0 fully saturated rings. The van der Waals surface area contributed by atoms with E-state index in [0.29, 0.717) is 0 Å². The third kappa shape index (κ3) is 2.37. The van der Waals surface area contributed by atoms with E-state index < -0.39 is 8.80 Å². The van der Waals surface area contributed by atoms with Crippen molar-refractivity contribution in [2.75, 3.05) is 0 Å². The van der Waals surface area contributed by atoms with Crippen molar-refractivity contribution in [3.8, 4) is 0 Å². The molecule has 1 radical (unpaired) electrons. The Morgan fingerprint density at radius 3 is 1.82 bits per heavy atom. The minimum absolute atomic E-state index is 0.0199. The van der Waals surface area contributed by atoms with Crippen LogP contribution in [0, 0.1) is 0 Å². The zero-order valence-corrected chi connectivity index (χ0v) is 14.2. The van der Waals surface area contributed by atoms with Gasteiger partial charge in [0.2, 0.25) is 0 Å². The van der Waals surface area contributed by atoms with Crippen LogP contribution >= 0.6 is 0 Å². The van der Waals surface area contributed by atoms with E-state index in [9.17, 15) is 0 Å². The molecule has 0 aromatic rings. The average molecular weight is 250 g/mol. The first-order chi connectivity index (χ1) is 7.51. The van der Waals surface area contributed by atoms with Crippen molar-refractivity contribution in [1.29, 1.82) is 0 Å². The molecule has 0 bridgehead atoms. The summed E-state index contributed by atoms with van der Waals surface area (Å²) in [5.74, 6) is 0. The molecule has 1 atom stereocenters. The lowest BCUT2D eigenvalue weighted by atomic mass is 9.98. The summed E-state index contributed by atoms with van der Waals surface area (Å²) in [7, 11) is -0.830. The molecule has 0 N–H and O–H groups in total. The molecule has 1 aliphatic rings. The summed E-state index contributed by atoms with van der Waals surface area (Å²) >= 11 is 0. The first-order valence-electron chi connectivity index (χ1n) is 6.64. The van der Waals surface area contributed by atoms with Gasteiger partial charge in [0.1, 0.15) is 0 Å². The van der Waals surface area contributed by atoms with Gasteiger partial charge in [0.25, 0.3) is 0 Å². The highest BCUT2D eigenvalue weighted by atomic mass is 28.3. The number of nitrogens with zero attached hydrogens (tertiary/aromatic N) is 1. The van der Waals surface area contributed by atoms with Crippen LogP contribution in [0.2, 0.25) is 18.1 Å². The van der Waals surface area contributed by atoms with Crippen molar-refractivity contribution in [1.82, 2.24) is 5.32 Å². The van der Waals surface area contributed by atoms with E-state index in [0.717, 1.165) is 0 Å². The van der Waals surface area contributed by atoms with Crippen molar-refractivity contribution in [3.63, 3.8) is 0 Å². The zero-order chi connectivity index (χ0) is 13.6. The third-order valence-corrected chi connectivity index (χ3v) is 7.37. The van der Waals surface area contributed by atoms with Gasteiger partial charge in [-0.05, 0) is 52.7 Å². The molecule has 1 rings (SSSR count). The van der Waals surface area contributed by atoms with E-state index in [1.807, 2.05) is 0 Å². The molecule has 0 heterocycles. The van der Waals surface area contributed by atoms with Crippen molar-refractivity contribution in [2.24, 2.45) is 0 Å². The molecule has 0 spiro atoms. The van der Waals surface area contributed by atoms with Crippen LogP contribution in [0.3, 0.4) is 0 Å². The second kappa shape index (κ2) is 4.31. The maximum Gasteiger partial charge on any atom is 0.0527 e. The van der Waals surface area contributed by atoms with E-state index in [4.69, 9.17) is 5.32 Å². The molecule has 0 aromatic heterocycles. The lowest BCUT2D eigenvalue weighted by molar-refractivity contribution is 0.442. The Hall–Kier alpha value is -0.503. The Morgan fingerprint density at radius 2 is 1.47 bits per heavy atom. The van der Waals surface area contributed by atoms with Gasteiger partial charge in [0, 0.05) is 19.5 Å². The molecular weight excluding hydrogens is 222 g/mol. The smallest absolute Gasteiger partial charge is 0.0527 e. The molecule has 1 unspecified atom stereocenters. The number of hydrogen-bond donors (Lipinski definition) is 0. The highest BCUT2D eigenvalue weighted by Gasteiger charge is 2.43. The fraction of sp³-hybridized carbons (Fsp3) is 0.733. The van der Waals surface area contributed by atoms with Gasteiger partial charge in [-0.25, -0.2) is 0 Å². The van der Waals surface area contributed by atoms with Gasteiger partial charge in [0.15, 0.2) is 0 Å². The van der Waals surface area contributed by atoms with E-state index in [1.54, 1.807) is 5.57 Å². The second-order valence-corrected chi connectivity index (χ2v) is 10.3. The van der Waals surface area contributed by atoms with Gasteiger partial charge >= 0.3 is 0 Å². The fourth-order valence-corrected chi connectivity index (χ4v) is 4.57. The topological polar surface area (TPSA) is 14.1 Å². The molecule has 0 saturated carbocycles. The number of hydrogen-bond acceptors (Lipinski definition) is 0. The Kier molecular flexibility index (Phi) is 3.69. The number of rotatable bonds is 2. The molecule has 0 amide bonds. The molecule has 17 heavy (non-hydrogen) atoms. The summed E-state index contributed by atoms with van der Waals surface area (Å²) in [6, 6.07) is 0. The van der Waals surface area contributed by atoms with Gasteiger partial charge in [0.05, 0.1) is 5.54 Å². The molecule has 2 heteroatoms. The van der Waals surface area contributed by atoms with Crippen LogP contribution in [0.4, 0.5) is 0 Å². The standard InChI is InChI=1S/C15H28NSi/c1-10-11(2)13(16-14(4,5)6)15(7,12(10)3)17(8)9/h17H,1-9H3.